The van der Waals surface area contributed by atoms with E-state index in [2.05, 4.69) is 30.5 Å². The number of carbonyl (C=O) groups excluding carboxylic acids is 2. The van der Waals surface area contributed by atoms with Crippen LogP contribution in [0.5, 0.6) is 0 Å². The average Bonchev–Trinajstić information content (AvgIpc) is 3.19. The van der Waals surface area contributed by atoms with Gasteiger partial charge in [0.1, 0.15) is 0 Å². The lowest BCUT2D eigenvalue weighted by Crippen LogP contribution is -2.47. The number of benzene rings is 1. The molecule has 1 heterocycles. The molecule has 0 saturated carbocycles. The molecule has 0 saturated heterocycles. The van der Waals surface area contributed by atoms with Crippen molar-refractivity contribution < 1.29 is 14.3 Å². The first-order valence-corrected chi connectivity index (χ1v) is 11.9. The van der Waals surface area contributed by atoms with Gasteiger partial charge < -0.3 is 19.1 Å². The van der Waals surface area contributed by atoms with Gasteiger partial charge in [0.25, 0.3) is 0 Å². The predicted molar refractivity (Wildman–Crippen MR) is 133 cm³/mol. The normalized spacial score (nSPS) is 11.6. The first-order chi connectivity index (χ1) is 15.6. The van der Waals surface area contributed by atoms with E-state index in [-0.39, 0.29) is 18.4 Å². The third kappa shape index (κ3) is 8.69. The number of hydrogen-bond acceptors (Lipinski definition) is 3. The molecule has 0 unspecified atom stereocenters. The van der Waals surface area contributed by atoms with Gasteiger partial charge in [0.2, 0.25) is 11.8 Å². The summed E-state index contributed by atoms with van der Waals surface area (Å²) >= 11 is 0. The largest absolute Gasteiger partial charge is 0.383 e. The van der Waals surface area contributed by atoms with E-state index in [0.29, 0.717) is 32.2 Å². The minimum absolute atomic E-state index is 0.00986. The Labute approximate surface area is 199 Å². The fourth-order valence-corrected chi connectivity index (χ4v) is 3.62. The molecule has 6 heteroatoms. The summed E-state index contributed by atoms with van der Waals surface area (Å²) in [4.78, 5) is 30.0. The van der Waals surface area contributed by atoms with Crippen LogP contribution in [0.25, 0.3) is 0 Å². The van der Waals surface area contributed by atoms with Crippen LogP contribution in [0.3, 0.4) is 0 Å². The van der Waals surface area contributed by atoms with Crippen molar-refractivity contribution in [1.29, 1.82) is 0 Å². The summed E-state index contributed by atoms with van der Waals surface area (Å²) in [5, 5.41) is 0. The molecular weight excluding hydrogens is 414 g/mol. The fourth-order valence-electron chi connectivity index (χ4n) is 3.62. The number of rotatable bonds is 12. The van der Waals surface area contributed by atoms with E-state index in [4.69, 9.17) is 4.74 Å². The second-order valence-corrected chi connectivity index (χ2v) is 10.1. The molecule has 182 valence electrons. The summed E-state index contributed by atoms with van der Waals surface area (Å²) in [7, 11) is 1.64. The molecule has 33 heavy (non-hydrogen) atoms. The fraction of sp³-hybridized carbons (Fsp3) is 0.556. The van der Waals surface area contributed by atoms with Crippen LogP contribution in [-0.4, -0.2) is 59.5 Å². The molecule has 2 aromatic rings. The Morgan fingerprint density at radius 1 is 1.00 bits per heavy atom. The Balaban J connectivity index is 2.17. The SMILES string of the molecule is COCCN(Cc1cccn1Cc1ccccc1)C(=O)CN(CCC(C)C)C(=O)C(C)(C)C. The van der Waals surface area contributed by atoms with Gasteiger partial charge in [0.15, 0.2) is 0 Å². The Bertz CT molecular complexity index is 868. The molecule has 0 aliphatic heterocycles. The van der Waals surface area contributed by atoms with Crippen molar-refractivity contribution in [1.82, 2.24) is 14.4 Å². The summed E-state index contributed by atoms with van der Waals surface area (Å²) in [6, 6.07) is 14.3. The van der Waals surface area contributed by atoms with Crippen molar-refractivity contribution in [3.05, 3.63) is 59.9 Å². The number of hydrogen-bond donors (Lipinski definition) is 0. The highest BCUT2D eigenvalue weighted by molar-refractivity contribution is 5.87. The van der Waals surface area contributed by atoms with Crippen LogP contribution in [0, 0.1) is 11.3 Å². The number of amides is 2. The molecule has 0 spiro atoms. The van der Waals surface area contributed by atoms with Crippen molar-refractivity contribution in [2.24, 2.45) is 11.3 Å². The number of nitrogens with zero attached hydrogens (tertiary/aromatic N) is 3. The van der Waals surface area contributed by atoms with Crippen LogP contribution in [0.2, 0.25) is 0 Å². The molecule has 0 aliphatic rings. The van der Waals surface area contributed by atoms with Crippen LogP contribution < -0.4 is 0 Å². The molecular formula is C27H41N3O3. The molecule has 2 rings (SSSR count). The first kappa shape index (κ1) is 26.7. The highest BCUT2D eigenvalue weighted by atomic mass is 16.5. The molecule has 0 radical (unpaired) electrons. The molecule has 6 nitrogen and oxygen atoms in total. The van der Waals surface area contributed by atoms with Crippen LogP contribution in [0.1, 0.15) is 52.3 Å². The van der Waals surface area contributed by atoms with E-state index in [1.807, 2.05) is 57.3 Å². The van der Waals surface area contributed by atoms with Crippen molar-refractivity contribution in [3.8, 4) is 0 Å². The van der Waals surface area contributed by atoms with Crippen LogP contribution >= 0.6 is 0 Å². The van der Waals surface area contributed by atoms with E-state index in [9.17, 15) is 9.59 Å². The zero-order valence-electron chi connectivity index (χ0n) is 21.2. The lowest BCUT2D eigenvalue weighted by atomic mass is 9.94. The number of methoxy groups -OCH3 is 1. The average molecular weight is 456 g/mol. The third-order valence-corrected chi connectivity index (χ3v) is 5.62. The number of ether oxygens (including phenoxy) is 1. The number of aromatic nitrogens is 1. The van der Waals surface area contributed by atoms with Gasteiger partial charge in [-0.1, -0.05) is 65.0 Å². The van der Waals surface area contributed by atoms with Gasteiger partial charge >= 0.3 is 0 Å². The van der Waals surface area contributed by atoms with Crippen molar-refractivity contribution in [2.75, 3.05) is 33.4 Å². The van der Waals surface area contributed by atoms with Crippen LogP contribution in [-0.2, 0) is 27.4 Å². The third-order valence-electron chi connectivity index (χ3n) is 5.62. The van der Waals surface area contributed by atoms with E-state index < -0.39 is 5.41 Å². The lowest BCUT2D eigenvalue weighted by molar-refractivity contribution is -0.146. The van der Waals surface area contributed by atoms with Gasteiger partial charge in [-0.05, 0) is 30.0 Å². The van der Waals surface area contributed by atoms with E-state index in [0.717, 1.165) is 18.7 Å². The Morgan fingerprint density at radius 3 is 2.30 bits per heavy atom. The van der Waals surface area contributed by atoms with Gasteiger partial charge in [-0.15, -0.1) is 0 Å². The summed E-state index contributed by atoms with van der Waals surface area (Å²) < 4.78 is 7.44. The van der Waals surface area contributed by atoms with E-state index in [1.165, 1.54) is 5.56 Å². The minimum atomic E-state index is -0.529. The Kier molecular flexibility index (Phi) is 10.2. The topological polar surface area (TPSA) is 54.8 Å². The maximum absolute atomic E-state index is 13.4. The van der Waals surface area contributed by atoms with Crippen LogP contribution in [0.4, 0.5) is 0 Å². The predicted octanol–water partition coefficient (Wildman–Crippen LogP) is 4.43. The zero-order valence-corrected chi connectivity index (χ0v) is 21.2. The summed E-state index contributed by atoms with van der Waals surface area (Å²) in [6.45, 7) is 12.8. The van der Waals surface area contributed by atoms with Crippen molar-refractivity contribution in [2.45, 2.75) is 54.1 Å². The molecule has 0 N–H and O–H groups in total. The lowest BCUT2D eigenvalue weighted by Gasteiger charge is -2.32. The molecule has 0 atom stereocenters. The highest BCUT2D eigenvalue weighted by Gasteiger charge is 2.30. The standard InChI is InChI=1S/C27H41N3O3/c1-22(2)14-16-30(26(32)27(3,4)5)21-25(31)29(17-18-33-6)20-24-13-10-15-28(24)19-23-11-8-7-9-12-23/h7-13,15,22H,14,16-21H2,1-6H3. The van der Waals surface area contributed by atoms with Gasteiger partial charge in [0, 0.05) is 44.0 Å². The molecule has 1 aromatic heterocycles. The maximum atomic E-state index is 13.4. The van der Waals surface area contributed by atoms with Gasteiger partial charge in [-0.2, -0.15) is 0 Å². The van der Waals surface area contributed by atoms with Crippen LogP contribution in [0.15, 0.2) is 48.7 Å². The van der Waals surface area contributed by atoms with Gasteiger partial charge in [-0.3, -0.25) is 9.59 Å². The second-order valence-electron chi connectivity index (χ2n) is 10.1. The zero-order chi connectivity index (χ0) is 24.4. The monoisotopic (exact) mass is 455 g/mol. The molecule has 1 aromatic carbocycles. The molecule has 0 aliphatic carbocycles. The maximum Gasteiger partial charge on any atom is 0.242 e. The Morgan fingerprint density at radius 2 is 1.70 bits per heavy atom. The van der Waals surface area contributed by atoms with Gasteiger partial charge in [0.05, 0.1) is 19.7 Å². The van der Waals surface area contributed by atoms with E-state index in [1.54, 1.807) is 16.9 Å². The first-order valence-electron chi connectivity index (χ1n) is 11.9. The summed E-state index contributed by atoms with van der Waals surface area (Å²) in [5.74, 6) is 0.415. The van der Waals surface area contributed by atoms with E-state index >= 15 is 0 Å². The summed E-state index contributed by atoms with van der Waals surface area (Å²) in [6.07, 6.45) is 2.91. The molecule has 0 fully saturated rings. The highest BCUT2D eigenvalue weighted by Crippen LogP contribution is 2.19. The molecule has 2 amide bonds. The van der Waals surface area contributed by atoms with Crippen molar-refractivity contribution in [3.63, 3.8) is 0 Å². The second kappa shape index (κ2) is 12.6. The number of carbonyl (C=O) groups is 2. The smallest absolute Gasteiger partial charge is 0.242 e. The van der Waals surface area contributed by atoms with Crippen molar-refractivity contribution >= 4 is 11.8 Å². The minimum Gasteiger partial charge on any atom is -0.383 e. The Hall–Kier alpha value is -2.60. The van der Waals surface area contributed by atoms with Gasteiger partial charge in [-0.25, -0.2) is 0 Å². The quantitative estimate of drug-likeness (QED) is 0.476. The molecule has 0 bridgehead atoms. The summed E-state index contributed by atoms with van der Waals surface area (Å²) in [5.41, 5.74) is 1.73.